The predicted molar refractivity (Wildman–Crippen MR) is 71.2 cm³/mol. The van der Waals surface area contributed by atoms with Crippen molar-refractivity contribution >= 4 is 11.6 Å². The third-order valence-electron chi connectivity index (χ3n) is 2.82. The lowest BCUT2D eigenvalue weighted by Crippen LogP contribution is -2.04. The first-order valence-corrected chi connectivity index (χ1v) is 6.28. The van der Waals surface area contributed by atoms with E-state index in [-0.39, 0.29) is 22.3 Å². The highest BCUT2D eigenvalue weighted by Gasteiger charge is 2.19. The van der Waals surface area contributed by atoms with Gasteiger partial charge in [-0.1, -0.05) is 31.5 Å². The number of benzene rings is 1. The molecule has 0 aliphatic carbocycles. The lowest BCUT2D eigenvalue weighted by Gasteiger charge is -2.12. The Hall–Kier alpha value is -1.55. The molecule has 2 aromatic rings. The van der Waals surface area contributed by atoms with Gasteiger partial charge in [-0.2, -0.15) is 0 Å². The van der Waals surface area contributed by atoms with Crippen molar-refractivity contribution in [3.05, 3.63) is 46.4 Å². The number of rotatable bonds is 2. The molecule has 0 radical (unpaired) electrons. The van der Waals surface area contributed by atoms with Crippen molar-refractivity contribution in [1.29, 1.82) is 0 Å². The van der Waals surface area contributed by atoms with Gasteiger partial charge in [0.05, 0.1) is 11.3 Å². The van der Waals surface area contributed by atoms with Crippen molar-refractivity contribution in [2.75, 3.05) is 0 Å². The topological polar surface area (TPSA) is 25.8 Å². The fourth-order valence-corrected chi connectivity index (χ4v) is 1.91. The second kappa shape index (κ2) is 5.21. The van der Waals surface area contributed by atoms with Crippen LogP contribution in [0.5, 0.6) is 0 Å². The van der Waals surface area contributed by atoms with Crippen LogP contribution in [0.15, 0.2) is 18.2 Å². The molecule has 0 bridgehead atoms. The molecule has 0 saturated carbocycles. The number of aromatic nitrogens is 2. The van der Waals surface area contributed by atoms with Gasteiger partial charge in [0, 0.05) is 11.5 Å². The first kappa shape index (κ1) is 13.9. The highest BCUT2D eigenvalue weighted by Crippen LogP contribution is 2.31. The Balaban J connectivity index is 2.75. The van der Waals surface area contributed by atoms with Gasteiger partial charge < -0.3 is 0 Å². The Morgan fingerprint density at radius 2 is 1.68 bits per heavy atom. The van der Waals surface area contributed by atoms with Gasteiger partial charge in [-0.3, -0.25) is 0 Å². The van der Waals surface area contributed by atoms with Crippen molar-refractivity contribution in [1.82, 2.24) is 9.97 Å². The molecule has 1 heterocycles. The molecular weight excluding hydrogens is 270 g/mol. The van der Waals surface area contributed by atoms with Gasteiger partial charge >= 0.3 is 0 Å². The van der Waals surface area contributed by atoms with E-state index in [0.717, 1.165) is 0 Å². The van der Waals surface area contributed by atoms with Crippen molar-refractivity contribution in [3.8, 4) is 11.3 Å². The monoisotopic (exact) mass is 282 g/mol. The van der Waals surface area contributed by atoms with Crippen molar-refractivity contribution < 1.29 is 8.78 Å². The summed E-state index contributed by atoms with van der Waals surface area (Å²) in [4.78, 5) is 8.38. The van der Waals surface area contributed by atoms with Gasteiger partial charge in [-0.15, -0.1) is 0 Å². The normalized spacial score (nSPS) is 11.1. The van der Waals surface area contributed by atoms with Crippen LogP contribution in [0.1, 0.15) is 31.2 Å². The summed E-state index contributed by atoms with van der Waals surface area (Å²) in [6.45, 7) is 5.43. The molecule has 0 aliphatic heterocycles. The quantitative estimate of drug-likeness (QED) is 0.758. The molecule has 0 N–H and O–H groups in total. The maximum Gasteiger partial charge on any atom is 0.136 e. The van der Waals surface area contributed by atoms with Gasteiger partial charge in [0.15, 0.2) is 0 Å². The zero-order valence-corrected chi connectivity index (χ0v) is 11.6. The Bertz CT molecular complexity index is 607. The highest BCUT2D eigenvalue weighted by atomic mass is 35.5. The second-order valence-electron chi connectivity index (χ2n) is 4.60. The van der Waals surface area contributed by atoms with Crippen LogP contribution in [-0.2, 0) is 0 Å². The summed E-state index contributed by atoms with van der Waals surface area (Å²) in [5.74, 6) is -0.833. The summed E-state index contributed by atoms with van der Waals surface area (Å²) in [6, 6.07) is 3.71. The third-order valence-corrected chi connectivity index (χ3v) is 3.19. The van der Waals surface area contributed by atoms with E-state index in [0.29, 0.717) is 11.4 Å². The summed E-state index contributed by atoms with van der Waals surface area (Å²) in [5.41, 5.74) is 0.514. The minimum atomic E-state index is -0.660. The standard InChI is InChI=1S/C14H13ClF2N2/c1-7(2)14-18-12(8(3)13(15)19-14)11-9(16)5-4-6-10(11)17/h4-7H,1-3H3. The number of hydrogen-bond acceptors (Lipinski definition) is 2. The van der Waals surface area contributed by atoms with Crippen molar-refractivity contribution in [2.24, 2.45) is 0 Å². The first-order valence-electron chi connectivity index (χ1n) is 5.90. The zero-order chi connectivity index (χ0) is 14.2. The minimum absolute atomic E-state index is 0.0201. The summed E-state index contributed by atoms with van der Waals surface area (Å²) < 4.78 is 27.7. The number of halogens is 3. The molecule has 0 amide bonds. The van der Waals surface area contributed by atoms with Crippen LogP contribution >= 0.6 is 11.6 Å². The molecule has 0 aliphatic rings. The van der Waals surface area contributed by atoms with E-state index in [9.17, 15) is 8.78 Å². The van der Waals surface area contributed by atoms with Crippen LogP contribution < -0.4 is 0 Å². The average Bonchev–Trinajstić information content (AvgIpc) is 2.33. The van der Waals surface area contributed by atoms with Crippen LogP contribution in [-0.4, -0.2) is 9.97 Å². The maximum absolute atomic E-state index is 13.8. The van der Waals surface area contributed by atoms with E-state index in [4.69, 9.17) is 11.6 Å². The first-order chi connectivity index (χ1) is 8.91. The van der Waals surface area contributed by atoms with Gasteiger partial charge in [0.2, 0.25) is 0 Å². The fourth-order valence-electron chi connectivity index (χ4n) is 1.73. The smallest absolute Gasteiger partial charge is 0.136 e. The van der Waals surface area contributed by atoms with E-state index in [1.165, 1.54) is 18.2 Å². The van der Waals surface area contributed by atoms with Gasteiger partial charge in [-0.05, 0) is 19.1 Å². The van der Waals surface area contributed by atoms with E-state index < -0.39 is 11.6 Å². The highest BCUT2D eigenvalue weighted by molar-refractivity contribution is 6.30. The molecule has 19 heavy (non-hydrogen) atoms. The molecule has 0 unspecified atom stereocenters. The van der Waals surface area contributed by atoms with Crippen molar-refractivity contribution in [3.63, 3.8) is 0 Å². The molecule has 0 atom stereocenters. The van der Waals surface area contributed by atoms with Crippen LogP contribution in [0, 0.1) is 18.6 Å². The Morgan fingerprint density at radius 3 is 2.21 bits per heavy atom. The predicted octanol–water partition coefficient (Wildman–Crippen LogP) is 4.51. The van der Waals surface area contributed by atoms with E-state index >= 15 is 0 Å². The molecule has 100 valence electrons. The van der Waals surface area contributed by atoms with Gasteiger partial charge in [0.25, 0.3) is 0 Å². The number of nitrogens with zero attached hydrogens (tertiary/aromatic N) is 2. The van der Waals surface area contributed by atoms with E-state index in [2.05, 4.69) is 9.97 Å². The molecule has 1 aromatic heterocycles. The Labute approximate surface area is 115 Å². The summed E-state index contributed by atoms with van der Waals surface area (Å²) in [5, 5.41) is 0.219. The molecule has 0 spiro atoms. The molecule has 2 nitrogen and oxygen atoms in total. The summed E-state index contributed by atoms with van der Waals surface area (Å²) in [7, 11) is 0. The lowest BCUT2D eigenvalue weighted by atomic mass is 10.1. The Morgan fingerprint density at radius 1 is 1.11 bits per heavy atom. The van der Waals surface area contributed by atoms with Gasteiger partial charge in [0.1, 0.15) is 22.6 Å². The molecule has 1 aromatic carbocycles. The molecular formula is C14H13ClF2N2. The zero-order valence-electron chi connectivity index (χ0n) is 10.8. The third kappa shape index (κ3) is 2.59. The van der Waals surface area contributed by atoms with E-state index in [1.807, 2.05) is 13.8 Å². The molecule has 5 heteroatoms. The van der Waals surface area contributed by atoms with Crippen LogP contribution in [0.4, 0.5) is 8.78 Å². The Kier molecular flexibility index (Phi) is 3.80. The SMILES string of the molecule is Cc1c(Cl)nc(C(C)C)nc1-c1c(F)cccc1F. The fraction of sp³-hybridized carbons (Fsp3) is 0.286. The van der Waals surface area contributed by atoms with Crippen LogP contribution in [0.25, 0.3) is 11.3 Å². The number of hydrogen-bond donors (Lipinski definition) is 0. The van der Waals surface area contributed by atoms with Crippen LogP contribution in [0.3, 0.4) is 0 Å². The van der Waals surface area contributed by atoms with Gasteiger partial charge in [-0.25, -0.2) is 18.7 Å². The molecule has 0 fully saturated rings. The van der Waals surface area contributed by atoms with Crippen LogP contribution in [0.2, 0.25) is 5.15 Å². The lowest BCUT2D eigenvalue weighted by molar-refractivity contribution is 0.587. The minimum Gasteiger partial charge on any atom is -0.232 e. The van der Waals surface area contributed by atoms with Crippen molar-refractivity contribution in [2.45, 2.75) is 26.7 Å². The molecule has 0 saturated heterocycles. The summed E-state index contributed by atoms with van der Waals surface area (Å²) >= 11 is 6.02. The maximum atomic E-state index is 13.8. The van der Waals surface area contributed by atoms with E-state index in [1.54, 1.807) is 6.92 Å². The second-order valence-corrected chi connectivity index (χ2v) is 4.96. The summed E-state index contributed by atoms with van der Waals surface area (Å²) in [6.07, 6.45) is 0. The average molecular weight is 283 g/mol. The molecule has 2 rings (SSSR count). The largest absolute Gasteiger partial charge is 0.232 e.